The number of carbonyl (C=O) groups excluding carboxylic acids is 1. The van der Waals surface area contributed by atoms with Gasteiger partial charge in [-0.15, -0.1) is 11.8 Å². The van der Waals surface area contributed by atoms with Crippen molar-refractivity contribution in [2.45, 2.75) is 24.8 Å². The van der Waals surface area contributed by atoms with E-state index < -0.39 is 0 Å². The van der Waals surface area contributed by atoms with Crippen molar-refractivity contribution in [1.29, 1.82) is 0 Å². The Morgan fingerprint density at radius 3 is 2.86 bits per heavy atom. The van der Waals surface area contributed by atoms with Gasteiger partial charge in [0.15, 0.2) is 5.82 Å². The van der Waals surface area contributed by atoms with Gasteiger partial charge >= 0.3 is 0 Å². The predicted molar refractivity (Wildman–Crippen MR) is 79.3 cm³/mol. The number of aromatic amines is 1. The summed E-state index contributed by atoms with van der Waals surface area (Å²) in [6.07, 6.45) is 0.346. The molecule has 5 nitrogen and oxygen atoms in total. The zero-order chi connectivity index (χ0) is 15.2. The van der Waals surface area contributed by atoms with Crippen LogP contribution in [-0.2, 0) is 11.3 Å². The third-order valence-corrected chi connectivity index (χ3v) is 3.91. The lowest BCUT2D eigenvalue weighted by Gasteiger charge is -2.15. The molecule has 0 saturated carbocycles. The van der Waals surface area contributed by atoms with E-state index in [4.69, 9.17) is 0 Å². The van der Waals surface area contributed by atoms with Crippen molar-refractivity contribution in [1.82, 2.24) is 20.1 Å². The number of hydrogen-bond acceptors (Lipinski definition) is 4. The maximum atomic E-state index is 13.4. The van der Waals surface area contributed by atoms with Crippen molar-refractivity contribution in [3.63, 3.8) is 0 Å². The maximum absolute atomic E-state index is 13.4. The van der Waals surface area contributed by atoms with E-state index in [2.05, 4.69) is 15.2 Å². The van der Waals surface area contributed by atoms with Gasteiger partial charge in [0.05, 0.1) is 6.54 Å². The first-order valence-electron chi connectivity index (χ1n) is 6.55. The van der Waals surface area contributed by atoms with Crippen molar-refractivity contribution in [2.24, 2.45) is 0 Å². The number of aromatic nitrogens is 3. The van der Waals surface area contributed by atoms with Gasteiger partial charge in [-0.05, 0) is 19.1 Å². The van der Waals surface area contributed by atoms with Crippen molar-refractivity contribution in [3.8, 4) is 0 Å². The monoisotopic (exact) mass is 308 g/mol. The predicted octanol–water partition coefficient (Wildman–Crippen LogP) is 2.39. The van der Waals surface area contributed by atoms with E-state index in [1.54, 1.807) is 30.1 Å². The number of carbonyl (C=O) groups is 1. The molecule has 0 unspecified atom stereocenters. The Morgan fingerprint density at radius 1 is 1.43 bits per heavy atom. The van der Waals surface area contributed by atoms with Crippen LogP contribution in [0.3, 0.4) is 0 Å². The van der Waals surface area contributed by atoms with Gasteiger partial charge in [-0.1, -0.05) is 12.1 Å². The molecule has 1 N–H and O–H groups in total. The van der Waals surface area contributed by atoms with Gasteiger partial charge in [-0.3, -0.25) is 9.89 Å². The number of rotatable bonds is 6. The Balaban J connectivity index is 1.77. The van der Waals surface area contributed by atoms with E-state index in [9.17, 15) is 9.18 Å². The lowest BCUT2D eigenvalue weighted by molar-refractivity contribution is -0.130. The summed E-state index contributed by atoms with van der Waals surface area (Å²) in [5.74, 6) is 1.59. The van der Waals surface area contributed by atoms with Gasteiger partial charge in [0.25, 0.3) is 0 Å². The highest BCUT2D eigenvalue weighted by molar-refractivity contribution is 7.99. The Morgan fingerprint density at radius 2 is 2.19 bits per heavy atom. The second-order valence-electron chi connectivity index (χ2n) is 4.62. The van der Waals surface area contributed by atoms with E-state index in [0.717, 1.165) is 5.82 Å². The number of nitrogens with one attached hydrogen (secondary N) is 1. The molecular formula is C14H17FN4OS. The number of aryl methyl sites for hydroxylation is 1. The van der Waals surface area contributed by atoms with Crippen LogP contribution in [0, 0.1) is 12.7 Å². The lowest BCUT2D eigenvalue weighted by Crippen LogP contribution is -2.27. The zero-order valence-corrected chi connectivity index (χ0v) is 12.8. The molecule has 0 spiro atoms. The number of amides is 1. The van der Waals surface area contributed by atoms with Crippen LogP contribution in [0.5, 0.6) is 0 Å². The lowest BCUT2D eigenvalue weighted by atomic mass is 10.3. The molecule has 0 aliphatic rings. The Labute approximate surface area is 127 Å². The molecule has 2 aromatic rings. The second-order valence-corrected chi connectivity index (χ2v) is 5.75. The normalized spacial score (nSPS) is 10.6. The van der Waals surface area contributed by atoms with Crippen molar-refractivity contribution >= 4 is 17.7 Å². The number of halogens is 1. The Hall–Kier alpha value is -1.89. The second kappa shape index (κ2) is 7.21. The minimum atomic E-state index is -0.250. The molecule has 0 bridgehead atoms. The zero-order valence-electron chi connectivity index (χ0n) is 12.0. The maximum Gasteiger partial charge on any atom is 0.223 e. The molecule has 1 aromatic carbocycles. The smallest absolute Gasteiger partial charge is 0.223 e. The molecule has 0 fully saturated rings. The van der Waals surface area contributed by atoms with Crippen LogP contribution >= 0.6 is 11.8 Å². The molecule has 0 aliphatic heterocycles. The van der Waals surface area contributed by atoms with Crippen LogP contribution in [0.25, 0.3) is 0 Å². The summed E-state index contributed by atoms with van der Waals surface area (Å²) >= 11 is 1.34. The molecule has 0 aliphatic carbocycles. The third-order valence-electron chi connectivity index (χ3n) is 2.86. The minimum absolute atomic E-state index is 0.0127. The fourth-order valence-electron chi connectivity index (χ4n) is 1.76. The summed E-state index contributed by atoms with van der Waals surface area (Å²) < 4.78 is 13.4. The van der Waals surface area contributed by atoms with Crippen LogP contribution < -0.4 is 0 Å². The average Bonchev–Trinajstić information content (AvgIpc) is 2.86. The third kappa shape index (κ3) is 4.56. The topological polar surface area (TPSA) is 61.9 Å². The fourth-order valence-corrected chi connectivity index (χ4v) is 2.64. The summed E-state index contributed by atoms with van der Waals surface area (Å²) in [6, 6.07) is 6.56. The molecule has 21 heavy (non-hydrogen) atoms. The van der Waals surface area contributed by atoms with Crippen LogP contribution in [0.2, 0.25) is 0 Å². The summed E-state index contributed by atoms with van der Waals surface area (Å²) in [4.78, 5) is 18.3. The van der Waals surface area contributed by atoms with E-state index in [-0.39, 0.29) is 11.7 Å². The quantitative estimate of drug-likeness (QED) is 0.832. The molecule has 1 amide bonds. The Bertz CT molecular complexity index is 617. The number of nitrogens with zero attached hydrogens (tertiary/aromatic N) is 3. The molecule has 0 saturated heterocycles. The van der Waals surface area contributed by atoms with Crippen LogP contribution in [0.15, 0.2) is 29.2 Å². The largest absolute Gasteiger partial charge is 0.338 e. The van der Waals surface area contributed by atoms with Gasteiger partial charge in [0, 0.05) is 24.1 Å². The first kappa shape index (κ1) is 15.5. The summed E-state index contributed by atoms with van der Waals surface area (Å²) in [7, 11) is 1.71. The molecular weight excluding hydrogens is 291 g/mol. The molecule has 2 rings (SSSR count). The minimum Gasteiger partial charge on any atom is -0.338 e. The number of hydrogen-bond donors (Lipinski definition) is 1. The van der Waals surface area contributed by atoms with E-state index in [1.807, 2.05) is 6.92 Å². The summed E-state index contributed by atoms with van der Waals surface area (Å²) in [6.45, 7) is 2.18. The average molecular weight is 308 g/mol. The first-order chi connectivity index (χ1) is 10.1. The first-order valence-corrected chi connectivity index (χ1v) is 7.54. The molecule has 112 valence electrons. The van der Waals surface area contributed by atoms with Gasteiger partial charge in [0.1, 0.15) is 11.6 Å². The van der Waals surface area contributed by atoms with Crippen LogP contribution in [0.1, 0.15) is 18.1 Å². The van der Waals surface area contributed by atoms with Crippen LogP contribution in [0.4, 0.5) is 4.39 Å². The van der Waals surface area contributed by atoms with E-state index >= 15 is 0 Å². The number of benzene rings is 1. The van der Waals surface area contributed by atoms with Crippen molar-refractivity contribution in [2.75, 3.05) is 12.8 Å². The molecule has 0 atom stereocenters. The van der Waals surface area contributed by atoms with Gasteiger partial charge in [-0.25, -0.2) is 9.37 Å². The summed E-state index contributed by atoms with van der Waals surface area (Å²) in [5, 5.41) is 6.73. The highest BCUT2D eigenvalue weighted by Gasteiger charge is 2.12. The standard InChI is InChI=1S/C14H17FN4OS/c1-10-16-13(18-17-10)9-19(2)14(20)7-8-21-12-6-4-3-5-11(12)15/h3-6H,7-9H2,1-2H3,(H,16,17,18). The van der Waals surface area contributed by atoms with Gasteiger partial charge < -0.3 is 4.90 Å². The number of H-pyrrole nitrogens is 1. The molecule has 1 aromatic heterocycles. The molecule has 1 heterocycles. The highest BCUT2D eigenvalue weighted by Crippen LogP contribution is 2.21. The highest BCUT2D eigenvalue weighted by atomic mass is 32.2. The van der Waals surface area contributed by atoms with Gasteiger partial charge in [-0.2, -0.15) is 5.10 Å². The number of thioether (sulfide) groups is 1. The molecule has 7 heteroatoms. The van der Waals surface area contributed by atoms with Crippen molar-refractivity contribution in [3.05, 3.63) is 41.7 Å². The van der Waals surface area contributed by atoms with E-state index in [0.29, 0.717) is 29.4 Å². The Kier molecular flexibility index (Phi) is 5.32. The van der Waals surface area contributed by atoms with Gasteiger partial charge in [0.2, 0.25) is 5.91 Å². The summed E-state index contributed by atoms with van der Waals surface area (Å²) in [5.41, 5.74) is 0. The van der Waals surface area contributed by atoms with Crippen molar-refractivity contribution < 1.29 is 9.18 Å². The fraction of sp³-hybridized carbons (Fsp3) is 0.357. The van der Waals surface area contributed by atoms with E-state index in [1.165, 1.54) is 17.8 Å². The SMILES string of the molecule is Cc1nc(CN(C)C(=O)CCSc2ccccc2F)n[nH]1. The molecule has 0 radical (unpaired) electrons. The van der Waals surface area contributed by atoms with Crippen LogP contribution in [-0.4, -0.2) is 38.8 Å².